The summed E-state index contributed by atoms with van der Waals surface area (Å²) in [6.45, 7) is 3.92. The second kappa shape index (κ2) is 41.8. The molecule has 0 aromatic heterocycles. The van der Waals surface area contributed by atoms with Gasteiger partial charge in [0.15, 0.2) is 6.10 Å². The molecule has 0 saturated heterocycles. The Morgan fingerprint density at radius 2 is 1.06 bits per heavy atom. The summed E-state index contributed by atoms with van der Waals surface area (Å²) in [5, 5.41) is 20.8. The van der Waals surface area contributed by atoms with Crippen molar-refractivity contribution < 1.29 is 52.3 Å². The minimum atomic E-state index is -4.47. The molecule has 0 aromatic rings. The molecule has 12 heteroatoms. The highest BCUT2D eigenvalue weighted by Gasteiger charge is 2.27. The molecule has 4 atom stereocenters. The van der Waals surface area contributed by atoms with Gasteiger partial charge in [-0.3, -0.25) is 18.6 Å². The van der Waals surface area contributed by atoms with Gasteiger partial charge in [0.25, 0.3) is 0 Å². The molecule has 0 amide bonds. The van der Waals surface area contributed by atoms with E-state index in [1.807, 2.05) is 33.3 Å². The van der Waals surface area contributed by atoms with Crippen molar-refractivity contribution in [1.29, 1.82) is 0 Å². The van der Waals surface area contributed by atoms with Crippen LogP contribution in [0.1, 0.15) is 162 Å². The lowest BCUT2D eigenvalue weighted by atomic mass is 10.0. The summed E-state index contributed by atoms with van der Waals surface area (Å²) in [7, 11) is 1.28. The minimum absolute atomic E-state index is 0.0279. The summed E-state index contributed by atoms with van der Waals surface area (Å²) in [5.41, 5.74) is 0. The molecule has 11 nitrogen and oxygen atoms in total. The smallest absolute Gasteiger partial charge is 0.462 e. The van der Waals surface area contributed by atoms with Gasteiger partial charge in [-0.1, -0.05) is 144 Å². The van der Waals surface area contributed by atoms with E-state index in [0.29, 0.717) is 17.4 Å². The molecule has 0 aliphatic carbocycles. The van der Waals surface area contributed by atoms with Crippen LogP contribution < -0.4 is 0 Å². The predicted molar refractivity (Wildman–Crippen MR) is 259 cm³/mol. The van der Waals surface area contributed by atoms with Gasteiger partial charge >= 0.3 is 19.8 Å². The van der Waals surface area contributed by atoms with E-state index >= 15 is 0 Å². The molecule has 0 heterocycles. The Balaban J connectivity index is 4.57. The van der Waals surface area contributed by atoms with E-state index in [2.05, 4.69) is 86.8 Å². The van der Waals surface area contributed by atoms with Gasteiger partial charge in [-0.15, -0.1) is 0 Å². The Kier molecular flexibility index (Phi) is 39.9. The number of allylic oxidation sites excluding steroid dienone is 13. The van der Waals surface area contributed by atoms with Crippen LogP contribution in [0.3, 0.4) is 0 Å². The number of rotatable bonds is 42. The number of phosphoric ester groups is 1. The van der Waals surface area contributed by atoms with Crippen molar-refractivity contribution in [3.63, 3.8) is 0 Å². The first kappa shape index (κ1) is 60.1. The number of quaternary nitrogens is 1. The van der Waals surface area contributed by atoms with Crippen LogP contribution >= 0.6 is 7.82 Å². The lowest BCUT2D eigenvalue weighted by Gasteiger charge is -2.24. The second-order valence-electron chi connectivity index (χ2n) is 17.1. The number of carbonyl (C=O) groups excluding carboxylic acids is 2. The summed E-state index contributed by atoms with van der Waals surface area (Å²) in [6, 6.07) is 0. The zero-order chi connectivity index (χ0) is 46.7. The van der Waals surface area contributed by atoms with Gasteiger partial charge < -0.3 is 29.1 Å². The standard InChI is InChI=1S/C51H88NO10P/c1-6-8-10-12-14-16-18-20-21-22-23-24-25-26-27-29-31-33-35-37-41-50(55)59-45-47(46-61-63(57,58)60-44-43-52(3,4)5)62-51(56)42-38-40-49(54)48(53)39-36-34-32-30-28-19-17-15-13-11-9-7-2/h9,11,15-18,21-22,24-25,28,30,34,36,47-49,53-54H,6-8,10,12-14,19-20,23,26-27,29,31-33,35,37-46H2,1-5H3/p+1/b11-9-,17-15-,18-16-,22-21-,25-24-,30-28-,36-34-/t47-,48-,49-/m1/s1. The maximum Gasteiger partial charge on any atom is 0.472 e. The molecule has 0 aliphatic heterocycles. The van der Waals surface area contributed by atoms with Crippen molar-refractivity contribution >= 4 is 19.8 Å². The lowest BCUT2D eigenvalue weighted by Crippen LogP contribution is -2.37. The number of hydrogen-bond acceptors (Lipinski definition) is 9. The molecular formula is C51H89NO10P+. The van der Waals surface area contributed by atoms with Gasteiger partial charge in [0.1, 0.15) is 19.8 Å². The van der Waals surface area contributed by atoms with Gasteiger partial charge in [-0.05, 0) is 89.9 Å². The number of unbranched alkanes of at least 4 members (excludes halogenated alkanes) is 10. The van der Waals surface area contributed by atoms with Crippen molar-refractivity contribution in [2.75, 3.05) is 47.5 Å². The highest BCUT2D eigenvalue weighted by Crippen LogP contribution is 2.43. The fourth-order valence-corrected chi connectivity index (χ4v) is 6.73. The molecule has 362 valence electrons. The van der Waals surface area contributed by atoms with Gasteiger partial charge in [0.05, 0.1) is 40.0 Å². The molecule has 0 bridgehead atoms. The van der Waals surface area contributed by atoms with E-state index in [-0.39, 0.29) is 45.3 Å². The average Bonchev–Trinajstić information content (AvgIpc) is 3.23. The zero-order valence-electron chi connectivity index (χ0n) is 40.0. The van der Waals surface area contributed by atoms with Crippen LogP contribution in [0.2, 0.25) is 0 Å². The molecule has 0 spiro atoms. The molecule has 3 N–H and O–H groups in total. The number of aliphatic hydroxyl groups is 2. The van der Waals surface area contributed by atoms with Gasteiger partial charge in [-0.25, -0.2) is 4.57 Å². The van der Waals surface area contributed by atoms with Crippen molar-refractivity contribution in [1.82, 2.24) is 0 Å². The highest BCUT2D eigenvalue weighted by atomic mass is 31.2. The predicted octanol–water partition coefficient (Wildman–Crippen LogP) is 11.9. The van der Waals surface area contributed by atoms with Crippen molar-refractivity contribution in [3.05, 3.63) is 85.1 Å². The Labute approximate surface area is 383 Å². The first-order chi connectivity index (χ1) is 30.3. The molecule has 63 heavy (non-hydrogen) atoms. The van der Waals surface area contributed by atoms with Crippen LogP contribution in [0.15, 0.2) is 85.1 Å². The summed E-state index contributed by atoms with van der Waals surface area (Å²) < 4.78 is 34.1. The SMILES string of the molecule is CC/C=C\C/C=C\C/C=C\C/C=C\C[C@@H](O)[C@H](O)CCCC(=O)O[C@H](COC(=O)CCCCCCCC/C=C\C/C=C\C/C=C\CCCCCC)COP(=O)(O)OCC[N+](C)(C)C. The first-order valence-electron chi connectivity index (χ1n) is 24.0. The van der Waals surface area contributed by atoms with E-state index in [4.69, 9.17) is 18.5 Å². The molecular weight excluding hydrogens is 818 g/mol. The minimum Gasteiger partial charge on any atom is -0.462 e. The molecule has 0 rings (SSSR count). The molecule has 0 radical (unpaired) electrons. The van der Waals surface area contributed by atoms with Gasteiger partial charge in [0, 0.05) is 12.8 Å². The third kappa shape index (κ3) is 44.1. The Morgan fingerprint density at radius 3 is 1.62 bits per heavy atom. The number of ether oxygens (including phenoxy) is 2. The average molecular weight is 907 g/mol. The highest BCUT2D eigenvalue weighted by molar-refractivity contribution is 7.47. The third-order valence-electron chi connectivity index (χ3n) is 9.86. The summed E-state index contributed by atoms with van der Waals surface area (Å²) >= 11 is 0. The van der Waals surface area contributed by atoms with E-state index in [1.165, 1.54) is 32.1 Å². The number of aliphatic hydroxyl groups excluding tert-OH is 2. The summed E-state index contributed by atoms with van der Waals surface area (Å²) in [4.78, 5) is 35.5. The Morgan fingerprint density at radius 1 is 0.571 bits per heavy atom. The fraction of sp³-hybridized carbons (Fsp3) is 0.686. The van der Waals surface area contributed by atoms with Crippen LogP contribution in [-0.4, -0.2) is 97.3 Å². The van der Waals surface area contributed by atoms with Crippen LogP contribution in [0, 0.1) is 0 Å². The quantitative estimate of drug-likeness (QED) is 0.0178. The zero-order valence-corrected chi connectivity index (χ0v) is 40.9. The van der Waals surface area contributed by atoms with Crippen LogP contribution in [0.25, 0.3) is 0 Å². The van der Waals surface area contributed by atoms with Crippen molar-refractivity contribution in [2.45, 2.75) is 180 Å². The number of esters is 2. The largest absolute Gasteiger partial charge is 0.472 e. The Hall–Kier alpha value is -2.89. The van der Waals surface area contributed by atoms with Crippen molar-refractivity contribution in [3.8, 4) is 0 Å². The molecule has 0 saturated carbocycles. The maximum absolute atomic E-state index is 12.8. The fourth-order valence-electron chi connectivity index (χ4n) is 5.99. The first-order valence-corrected chi connectivity index (χ1v) is 25.5. The third-order valence-corrected chi connectivity index (χ3v) is 10.8. The maximum atomic E-state index is 12.8. The summed E-state index contributed by atoms with van der Waals surface area (Å²) in [6.07, 6.45) is 46.6. The normalized spacial score (nSPS) is 15.2. The van der Waals surface area contributed by atoms with E-state index in [9.17, 15) is 29.3 Å². The number of likely N-dealkylation sites (N-methyl/N-ethyl adjacent to an activating group) is 1. The van der Waals surface area contributed by atoms with E-state index in [0.717, 1.165) is 77.0 Å². The van der Waals surface area contributed by atoms with Gasteiger partial charge in [-0.2, -0.15) is 0 Å². The van der Waals surface area contributed by atoms with Crippen LogP contribution in [-0.2, 0) is 32.7 Å². The topological polar surface area (TPSA) is 149 Å². The number of carbonyl (C=O) groups is 2. The number of phosphoric acid groups is 1. The van der Waals surface area contributed by atoms with E-state index in [1.54, 1.807) is 0 Å². The summed E-state index contributed by atoms with van der Waals surface area (Å²) in [5.74, 6) is -1.11. The van der Waals surface area contributed by atoms with Crippen molar-refractivity contribution in [2.24, 2.45) is 0 Å². The molecule has 1 unspecified atom stereocenters. The number of hydrogen-bond donors (Lipinski definition) is 3. The molecule has 0 fully saturated rings. The molecule has 0 aliphatic rings. The number of nitrogens with zero attached hydrogens (tertiary/aromatic N) is 1. The van der Waals surface area contributed by atoms with E-state index < -0.39 is 44.7 Å². The van der Waals surface area contributed by atoms with Crippen LogP contribution in [0.5, 0.6) is 0 Å². The Bertz CT molecular complexity index is 1380. The lowest BCUT2D eigenvalue weighted by molar-refractivity contribution is -0.870. The van der Waals surface area contributed by atoms with Gasteiger partial charge in [0.2, 0.25) is 0 Å². The monoisotopic (exact) mass is 907 g/mol. The second-order valence-corrected chi connectivity index (χ2v) is 18.5. The van der Waals surface area contributed by atoms with Crippen LogP contribution in [0.4, 0.5) is 0 Å². The molecule has 0 aromatic carbocycles.